The van der Waals surface area contributed by atoms with Crippen LogP contribution in [-0.4, -0.2) is 42.6 Å². The predicted octanol–water partition coefficient (Wildman–Crippen LogP) is 3.30. The summed E-state index contributed by atoms with van der Waals surface area (Å²) in [4.78, 5) is 26.2. The van der Waals surface area contributed by atoms with Crippen molar-refractivity contribution in [3.05, 3.63) is 29.3 Å². The van der Waals surface area contributed by atoms with Gasteiger partial charge in [-0.05, 0) is 29.7 Å². The maximum atomic E-state index is 12.6. The van der Waals surface area contributed by atoms with Crippen LogP contribution in [0.25, 0.3) is 0 Å². The highest BCUT2D eigenvalue weighted by molar-refractivity contribution is 6.30. The number of likely N-dealkylation sites (tertiary alicyclic amines) is 1. The first-order valence-corrected chi connectivity index (χ1v) is 8.37. The first-order chi connectivity index (χ1) is 11.2. The van der Waals surface area contributed by atoms with Crippen LogP contribution in [0, 0.1) is 5.41 Å². The molecule has 24 heavy (non-hydrogen) atoms. The zero-order chi connectivity index (χ0) is 17.9. The number of hydrogen-bond acceptors (Lipinski definition) is 4. The van der Waals surface area contributed by atoms with E-state index in [1.807, 2.05) is 20.8 Å². The van der Waals surface area contributed by atoms with Crippen LogP contribution in [0.1, 0.15) is 33.6 Å². The van der Waals surface area contributed by atoms with Crippen LogP contribution in [-0.2, 0) is 14.3 Å². The summed E-state index contributed by atoms with van der Waals surface area (Å²) in [5.41, 5.74) is -0.146. The van der Waals surface area contributed by atoms with Crippen molar-refractivity contribution in [3.8, 4) is 5.75 Å². The van der Waals surface area contributed by atoms with Gasteiger partial charge in [0, 0.05) is 17.9 Å². The molecule has 1 amide bonds. The summed E-state index contributed by atoms with van der Waals surface area (Å²) in [6.45, 7) is 6.36. The van der Waals surface area contributed by atoms with Crippen molar-refractivity contribution < 1.29 is 19.1 Å². The molecule has 0 saturated carbocycles. The lowest BCUT2D eigenvalue weighted by molar-refractivity contribution is -0.151. The summed E-state index contributed by atoms with van der Waals surface area (Å²) in [6.07, 6.45) is 0.540. The Hall–Kier alpha value is -1.75. The van der Waals surface area contributed by atoms with Gasteiger partial charge in [-0.1, -0.05) is 32.4 Å². The fourth-order valence-electron chi connectivity index (χ4n) is 2.78. The molecule has 2 atom stereocenters. The van der Waals surface area contributed by atoms with Crippen LogP contribution >= 0.6 is 11.6 Å². The van der Waals surface area contributed by atoms with E-state index < -0.39 is 12.0 Å². The van der Waals surface area contributed by atoms with E-state index in [2.05, 4.69) is 0 Å². The van der Waals surface area contributed by atoms with E-state index in [0.29, 0.717) is 30.2 Å². The number of halogens is 1. The van der Waals surface area contributed by atoms with E-state index in [1.54, 1.807) is 29.2 Å². The van der Waals surface area contributed by atoms with Crippen molar-refractivity contribution >= 4 is 23.5 Å². The Morgan fingerprint density at radius 3 is 2.42 bits per heavy atom. The molecule has 1 saturated heterocycles. The Morgan fingerprint density at radius 2 is 1.88 bits per heavy atom. The number of hydrogen-bond donors (Lipinski definition) is 0. The largest absolute Gasteiger partial charge is 0.488 e. The molecule has 0 spiro atoms. The van der Waals surface area contributed by atoms with Crippen LogP contribution in [0.3, 0.4) is 0 Å². The summed E-state index contributed by atoms with van der Waals surface area (Å²) >= 11 is 5.87. The minimum absolute atomic E-state index is 0.0555. The Labute approximate surface area is 147 Å². The third-order valence-electron chi connectivity index (χ3n) is 3.85. The molecule has 0 bridgehead atoms. The summed E-state index contributed by atoms with van der Waals surface area (Å²) in [5.74, 6) is 0.206. The molecule has 1 heterocycles. The molecule has 6 heteroatoms. The minimum atomic E-state index is -0.595. The van der Waals surface area contributed by atoms with Gasteiger partial charge < -0.3 is 14.4 Å². The third-order valence-corrected chi connectivity index (χ3v) is 4.11. The van der Waals surface area contributed by atoms with Gasteiger partial charge >= 0.3 is 5.97 Å². The first kappa shape index (κ1) is 18.6. The molecule has 0 N–H and O–H groups in total. The van der Waals surface area contributed by atoms with E-state index in [9.17, 15) is 9.59 Å². The lowest BCUT2D eigenvalue weighted by atomic mass is 9.91. The second-order valence-corrected chi connectivity index (χ2v) is 7.69. The molecule has 0 radical (unpaired) electrons. The van der Waals surface area contributed by atoms with E-state index in [-0.39, 0.29) is 17.4 Å². The van der Waals surface area contributed by atoms with Crippen molar-refractivity contribution in [1.82, 2.24) is 4.90 Å². The highest BCUT2D eigenvalue weighted by Crippen LogP contribution is 2.28. The predicted molar refractivity (Wildman–Crippen MR) is 92.1 cm³/mol. The van der Waals surface area contributed by atoms with Crippen molar-refractivity contribution in [3.63, 3.8) is 0 Å². The number of nitrogens with zero attached hydrogens (tertiary/aromatic N) is 1. The molecule has 5 nitrogen and oxygen atoms in total. The van der Waals surface area contributed by atoms with Gasteiger partial charge in [0.05, 0.1) is 13.7 Å². The number of ether oxygens (including phenoxy) is 2. The maximum Gasteiger partial charge on any atom is 0.328 e. The standard InChI is InChI=1S/C18H24ClNO4/c1-18(2,3)10-16(21)20-11-14(9-15(20)17(22)23-4)24-13-7-5-12(19)6-8-13/h5-8,14-15H,9-11H2,1-4H3/t14-,15-/m0/s1. The lowest BCUT2D eigenvalue weighted by Gasteiger charge is -2.26. The van der Waals surface area contributed by atoms with E-state index >= 15 is 0 Å². The summed E-state index contributed by atoms with van der Waals surface area (Å²) in [7, 11) is 1.34. The molecule has 1 aliphatic heterocycles. The van der Waals surface area contributed by atoms with Gasteiger partial charge in [0.15, 0.2) is 0 Å². The van der Waals surface area contributed by atoms with E-state index in [4.69, 9.17) is 21.1 Å². The number of benzene rings is 1. The van der Waals surface area contributed by atoms with Crippen LogP contribution in [0.4, 0.5) is 0 Å². The SMILES string of the molecule is COC(=O)[C@@H]1C[C@H](Oc2ccc(Cl)cc2)CN1C(=O)CC(C)(C)C. The molecule has 0 unspecified atom stereocenters. The Morgan fingerprint density at radius 1 is 1.25 bits per heavy atom. The molecule has 1 fully saturated rings. The fourth-order valence-corrected chi connectivity index (χ4v) is 2.90. The second kappa shape index (κ2) is 7.43. The zero-order valence-corrected chi connectivity index (χ0v) is 15.3. The monoisotopic (exact) mass is 353 g/mol. The topological polar surface area (TPSA) is 55.8 Å². The van der Waals surface area contributed by atoms with Gasteiger partial charge in [-0.25, -0.2) is 4.79 Å². The van der Waals surface area contributed by atoms with E-state index in [1.165, 1.54) is 7.11 Å². The van der Waals surface area contributed by atoms with E-state index in [0.717, 1.165) is 0 Å². The molecule has 2 rings (SSSR count). The molecule has 1 aromatic carbocycles. The summed E-state index contributed by atoms with van der Waals surface area (Å²) < 4.78 is 10.8. The van der Waals surface area contributed by atoms with Crippen LogP contribution in [0.2, 0.25) is 5.02 Å². The van der Waals surface area contributed by atoms with Crippen LogP contribution in [0.5, 0.6) is 5.75 Å². The number of methoxy groups -OCH3 is 1. The average molecular weight is 354 g/mol. The molecule has 0 aromatic heterocycles. The fraction of sp³-hybridized carbons (Fsp3) is 0.556. The van der Waals surface area contributed by atoms with Gasteiger partial charge in [0.25, 0.3) is 0 Å². The van der Waals surface area contributed by atoms with Crippen molar-refractivity contribution in [2.24, 2.45) is 5.41 Å². The Balaban J connectivity index is 2.09. The molecule has 1 aliphatic rings. The number of amides is 1. The quantitative estimate of drug-likeness (QED) is 0.779. The zero-order valence-electron chi connectivity index (χ0n) is 14.5. The van der Waals surface area contributed by atoms with Crippen LogP contribution in [0.15, 0.2) is 24.3 Å². The maximum absolute atomic E-state index is 12.6. The van der Waals surface area contributed by atoms with Gasteiger partial charge in [0.1, 0.15) is 17.9 Å². The van der Waals surface area contributed by atoms with Crippen molar-refractivity contribution in [2.45, 2.75) is 45.8 Å². The number of carbonyl (C=O) groups is 2. The molecule has 0 aliphatic carbocycles. The smallest absolute Gasteiger partial charge is 0.328 e. The minimum Gasteiger partial charge on any atom is -0.488 e. The molecular weight excluding hydrogens is 330 g/mol. The highest BCUT2D eigenvalue weighted by atomic mass is 35.5. The van der Waals surface area contributed by atoms with Gasteiger partial charge in [-0.2, -0.15) is 0 Å². The van der Waals surface area contributed by atoms with Crippen molar-refractivity contribution in [2.75, 3.05) is 13.7 Å². The molecule has 132 valence electrons. The molecular formula is C18H24ClNO4. The summed E-state index contributed by atoms with van der Waals surface area (Å²) in [6, 6.07) is 6.44. The second-order valence-electron chi connectivity index (χ2n) is 7.25. The first-order valence-electron chi connectivity index (χ1n) is 7.99. The van der Waals surface area contributed by atoms with Crippen molar-refractivity contribution in [1.29, 1.82) is 0 Å². The van der Waals surface area contributed by atoms with Gasteiger partial charge in [-0.3, -0.25) is 4.79 Å². The Bertz CT molecular complexity index is 594. The number of rotatable bonds is 4. The number of carbonyl (C=O) groups excluding carboxylic acids is 2. The number of esters is 1. The lowest BCUT2D eigenvalue weighted by Crippen LogP contribution is -2.42. The van der Waals surface area contributed by atoms with Gasteiger partial charge in [0.2, 0.25) is 5.91 Å². The van der Waals surface area contributed by atoms with Gasteiger partial charge in [-0.15, -0.1) is 0 Å². The Kier molecular flexibility index (Phi) is 5.75. The average Bonchev–Trinajstić information content (AvgIpc) is 2.91. The summed E-state index contributed by atoms with van der Waals surface area (Å²) in [5, 5.41) is 0.628. The highest BCUT2D eigenvalue weighted by Gasteiger charge is 2.42. The normalized spacial score (nSPS) is 20.8. The van der Waals surface area contributed by atoms with Crippen LogP contribution < -0.4 is 4.74 Å². The third kappa shape index (κ3) is 4.87. The molecule has 1 aromatic rings.